The van der Waals surface area contributed by atoms with Crippen LogP contribution >= 0.6 is 0 Å². The number of carbonyl (C=O) groups is 4. The number of ether oxygens (including phenoxy) is 1. The third-order valence-corrected chi connectivity index (χ3v) is 4.76. The van der Waals surface area contributed by atoms with Gasteiger partial charge in [0.25, 0.3) is 11.8 Å². The van der Waals surface area contributed by atoms with Crippen molar-refractivity contribution in [3.8, 4) is 5.75 Å². The fraction of sp³-hybridized carbons (Fsp3) is 0.412. The van der Waals surface area contributed by atoms with Crippen molar-refractivity contribution in [1.82, 2.24) is 15.5 Å². The van der Waals surface area contributed by atoms with Gasteiger partial charge in [-0.25, -0.2) is 0 Å². The quantitative estimate of drug-likeness (QED) is 0.727. The Hall–Kier alpha value is -2.74. The minimum Gasteiger partial charge on any atom is -0.493 e. The number of benzene rings is 1. The van der Waals surface area contributed by atoms with E-state index in [1.165, 1.54) is 0 Å². The van der Waals surface area contributed by atoms with Crippen molar-refractivity contribution in [3.63, 3.8) is 0 Å². The van der Waals surface area contributed by atoms with Crippen molar-refractivity contribution < 1.29 is 23.9 Å². The molecule has 130 valence electrons. The molecular weight excluding hydrogens is 326 g/mol. The van der Waals surface area contributed by atoms with Crippen molar-refractivity contribution in [2.75, 3.05) is 19.7 Å². The minimum absolute atomic E-state index is 0.105. The lowest BCUT2D eigenvalue weighted by atomic mass is 10.0. The summed E-state index contributed by atoms with van der Waals surface area (Å²) < 4.78 is 5.69. The highest BCUT2D eigenvalue weighted by molar-refractivity contribution is 6.23. The Morgan fingerprint density at radius 2 is 1.84 bits per heavy atom. The summed E-state index contributed by atoms with van der Waals surface area (Å²) >= 11 is 0. The zero-order valence-electron chi connectivity index (χ0n) is 13.4. The molecule has 0 spiro atoms. The van der Waals surface area contributed by atoms with Gasteiger partial charge in [-0.2, -0.15) is 0 Å². The fourth-order valence-corrected chi connectivity index (χ4v) is 3.22. The first-order valence-electron chi connectivity index (χ1n) is 8.24. The zero-order valence-corrected chi connectivity index (χ0v) is 13.4. The molecule has 1 aromatic carbocycles. The van der Waals surface area contributed by atoms with Gasteiger partial charge in [0.1, 0.15) is 11.8 Å². The van der Waals surface area contributed by atoms with Crippen LogP contribution in [0.2, 0.25) is 0 Å². The van der Waals surface area contributed by atoms with Crippen LogP contribution in [-0.2, 0) is 9.59 Å². The van der Waals surface area contributed by atoms with Crippen LogP contribution in [0.1, 0.15) is 33.6 Å². The molecule has 4 rings (SSSR count). The smallest absolute Gasteiger partial charge is 0.262 e. The Balaban J connectivity index is 1.54. The number of carbonyl (C=O) groups excluding carboxylic acids is 4. The highest BCUT2D eigenvalue weighted by Gasteiger charge is 2.44. The third-order valence-electron chi connectivity index (χ3n) is 4.76. The van der Waals surface area contributed by atoms with E-state index in [0.717, 1.165) is 18.0 Å². The maximum atomic E-state index is 12.7. The van der Waals surface area contributed by atoms with Crippen LogP contribution in [0.3, 0.4) is 0 Å². The van der Waals surface area contributed by atoms with Crippen LogP contribution in [0, 0.1) is 5.92 Å². The summed E-state index contributed by atoms with van der Waals surface area (Å²) in [7, 11) is 0. The maximum absolute atomic E-state index is 12.7. The number of piperidine rings is 1. The molecule has 4 amide bonds. The molecule has 3 aliphatic rings. The number of hydrogen-bond donors (Lipinski definition) is 2. The van der Waals surface area contributed by atoms with Gasteiger partial charge in [0.15, 0.2) is 0 Å². The first kappa shape index (κ1) is 15.8. The molecule has 2 N–H and O–H groups in total. The first-order chi connectivity index (χ1) is 12.0. The van der Waals surface area contributed by atoms with Gasteiger partial charge in [-0.3, -0.25) is 29.4 Å². The lowest BCUT2D eigenvalue weighted by Gasteiger charge is -2.27. The maximum Gasteiger partial charge on any atom is 0.262 e. The molecule has 3 heterocycles. The van der Waals surface area contributed by atoms with E-state index in [1.54, 1.807) is 18.2 Å². The molecule has 2 saturated heterocycles. The summed E-state index contributed by atoms with van der Waals surface area (Å²) in [5.74, 6) is -1.06. The van der Waals surface area contributed by atoms with Gasteiger partial charge in [0.05, 0.1) is 17.7 Å². The number of fused-ring (bicyclic) bond motifs is 1. The van der Waals surface area contributed by atoms with Crippen molar-refractivity contribution in [2.45, 2.75) is 18.9 Å². The van der Waals surface area contributed by atoms with Crippen LogP contribution in [0.15, 0.2) is 18.2 Å². The Labute approximate surface area is 143 Å². The normalized spacial score (nSPS) is 23.4. The molecule has 2 fully saturated rings. The van der Waals surface area contributed by atoms with Gasteiger partial charge in [-0.1, -0.05) is 0 Å². The van der Waals surface area contributed by atoms with Gasteiger partial charge in [0, 0.05) is 25.4 Å². The van der Waals surface area contributed by atoms with E-state index in [0.29, 0.717) is 18.3 Å². The molecule has 1 atom stereocenters. The number of imide groups is 2. The standard InChI is InChI=1S/C17H17N3O5/c21-14-4-3-13(15(22)19-14)20-16(23)11-2-1-10(5-12(11)17(20)24)25-8-9-6-18-7-9/h1-2,5,9,13,18H,3-4,6-8H2,(H,19,21,22). The predicted molar refractivity (Wildman–Crippen MR) is 85.0 cm³/mol. The molecule has 8 heteroatoms. The number of nitrogens with zero attached hydrogens (tertiary/aromatic N) is 1. The van der Waals surface area contributed by atoms with Gasteiger partial charge in [0.2, 0.25) is 11.8 Å². The van der Waals surface area contributed by atoms with Crippen LogP contribution in [0.4, 0.5) is 0 Å². The van der Waals surface area contributed by atoms with Crippen LogP contribution in [-0.4, -0.2) is 54.3 Å². The molecule has 1 aromatic rings. The number of amides is 4. The molecule has 0 radical (unpaired) electrons. The van der Waals surface area contributed by atoms with E-state index in [4.69, 9.17) is 4.74 Å². The molecular formula is C17H17N3O5. The average molecular weight is 343 g/mol. The minimum atomic E-state index is -0.949. The van der Waals surface area contributed by atoms with Crippen molar-refractivity contribution >= 4 is 23.6 Å². The topological polar surface area (TPSA) is 105 Å². The van der Waals surface area contributed by atoms with Crippen molar-refractivity contribution in [1.29, 1.82) is 0 Å². The van der Waals surface area contributed by atoms with E-state index in [9.17, 15) is 19.2 Å². The second-order valence-corrected chi connectivity index (χ2v) is 6.49. The van der Waals surface area contributed by atoms with Crippen molar-refractivity contribution in [2.24, 2.45) is 5.92 Å². The molecule has 0 saturated carbocycles. The lowest BCUT2D eigenvalue weighted by Crippen LogP contribution is -2.54. The van der Waals surface area contributed by atoms with Gasteiger partial charge in [-0.05, 0) is 24.6 Å². The second-order valence-electron chi connectivity index (χ2n) is 6.49. The molecule has 0 aliphatic carbocycles. The predicted octanol–water partition coefficient (Wildman–Crippen LogP) is -0.314. The second kappa shape index (κ2) is 5.96. The SMILES string of the molecule is O=C1CCC(N2C(=O)c3ccc(OCC4CNC4)cc3C2=O)C(=O)N1. The summed E-state index contributed by atoms with van der Waals surface area (Å²) in [5, 5.41) is 5.33. The molecule has 0 bridgehead atoms. The van der Waals surface area contributed by atoms with Gasteiger partial charge in [-0.15, -0.1) is 0 Å². The number of hydrogen-bond acceptors (Lipinski definition) is 6. The Morgan fingerprint density at radius 1 is 1.08 bits per heavy atom. The van der Waals surface area contributed by atoms with Crippen LogP contribution in [0.5, 0.6) is 5.75 Å². The Bertz CT molecular complexity index is 786. The molecule has 0 aromatic heterocycles. The monoisotopic (exact) mass is 343 g/mol. The van der Waals surface area contributed by atoms with E-state index in [1.807, 2.05) is 0 Å². The summed E-state index contributed by atoms with van der Waals surface area (Å²) in [6, 6.07) is 3.81. The zero-order chi connectivity index (χ0) is 17.6. The summed E-state index contributed by atoms with van der Waals surface area (Å²) in [5.41, 5.74) is 0.492. The molecule has 8 nitrogen and oxygen atoms in total. The van der Waals surface area contributed by atoms with Gasteiger partial charge >= 0.3 is 0 Å². The molecule has 1 unspecified atom stereocenters. The third kappa shape index (κ3) is 2.68. The van der Waals surface area contributed by atoms with E-state index in [2.05, 4.69) is 10.6 Å². The average Bonchev–Trinajstić information content (AvgIpc) is 2.78. The summed E-state index contributed by atoms with van der Waals surface area (Å²) in [4.78, 5) is 49.5. The summed E-state index contributed by atoms with van der Waals surface area (Å²) in [6.07, 6.45) is 0.252. The van der Waals surface area contributed by atoms with Crippen molar-refractivity contribution in [3.05, 3.63) is 29.3 Å². The van der Waals surface area contributed by atoms with Gasteiger partial charge < -0.3 is 10.1 Å². The molecule has 3 aliphatic heterocycles. The largest absolute Gasteiger partial charge is 0.493 e. The number of nitrogens with one attached hydrogen (secondary N) is 2. The van der Waals surface area contributed by atoms with Crippen LogP contribution in [0.25, 0.3) is 0 Å². The highest BCUT2D eigenvalue weighted by Crippen LogP contribution is 2.30. The van der Waals surface area contributed by atoms with E-state index in [-0.39, 0.29) is 29.9 Å². The van der Waals surface area contributed by atoms with E-state index >= 15 is 0 Å². The Morgan fingerprint density at radius 3 is 2.52 bits per heavy atom. The number of rotatable bonds is 4. The Kier molecular flexibility index (Phi) is 3.76. The highest BCUT2D eigenvalue weighted by atomic mass is 16.5. The molecule has 25 heavy (non-hydrogen) atoms. The van der Waals surface area contributed by atoms with Crippen LogP contribution < -0.4 is 15.4 Å². The first-order valence-corrected chi connectivity index (χ1v) is 8.24. The van der Waals surface area contributed by atoms with E-state index < -0.39 is 23.8 Å². The lowest BCUT2D eigenvalue weighted by molar-refractivity contribution is -0.136. The summed E-state index contributed by atoms with van der Waals surface area (Å²) in [6.45, 7) is 2.36. The fourth-order valence-electron chi connectivity index (χ4n) is 3.22.